The summed E-state index contributed by atoms with van der Waals surface area (Å²) in [6.45, 7) is 4.31. The van der Waals surface area contributed by atoms with Gasteiger partial charge in [0.1, 0.15) is 0 Å². The molecular weight excluding hydrogens is 343 g/mol. The number of nitrogens with two attached hydrogens (primary N) is 1. The predicted molar refractivity (Wildman–Crippen MR) is 102 cm³/mol. The number of carbonyl (C=O) groups excluding carboxylic acids is 1. The molecule has 0 saturated carbocycles. The Kier molecular flexibility index (Phi) is 5.18. The molecule has 0 aliphatic carbocycles. The lowest BCUT2D eigenvalue weighted by Gasteiger charge is -2.23. The average Bonchev–Trinajstić information content (AvgIpc) is 3.25. The molecule has 5 nitrogen and oxygen atoms in total. The number of benzene rings is 1. The minimum absolute atomic E-state index is 0.0540. The van der Waals surface area contributed by atoms with E-state index in [2.05, 4.69) is 22.0 Å². The largest absolute Gasteiger partial charge is 0.338 e. The zero-order valence-electron chi connectivity index (χ0n) is 15.3. The average molecular weight is 368 g/mol. The third-order valence-corrected chi connectivity index (χ3v) is 5.82. The summed E-state index contributed by atoms with van der Waals surface area (Å²) in [4.78, 5) is 20.4. The van der Waals surface area contributed by atoms with E-state index in [1.54, 1.807) is 11.0 Å². The summed E-state index contributed by atoms with van der Waals surface area (Å²) in [7, 11) is 0. The third-order valence-electron chi connectivity index (χ3n) is 5.82. The van der Waals surface area contributed by atoms with Crippen LogP contribution in [0.3, 0.4) is 0 Å². The van der Waals surface area contributed by atoms with E-state index in [9.17, 15) is 9.18 Å². The Morgan fingerprint density at radius 3 is 2.48 bits per heavy atom. The first-order valence-corrected chi connectivity index (χ1v) is 9.54. The molecular formula is C21H25FN4O. The van der Waals surface area contributed by atoms with E-state index < -0.39 is 5.95 Å². The highest BCUT2D eigenvalue weighted by Gasteiger charge is 2.41. The number of aromatic nitrogens is 1. The molecule has 2 aromatic rings. The van der Waals surface area contributed by atoms with Crippen LogP contribution >= 0.6 is 0 Å². The lowest BCUT2D eigenvalue weighted by Crippen LogP contribution is -2.34. The predicted octanol–water partition coefficient (Wildman–Crippen LogP) is 2.31. The molecule has 2 saturated heterocycles. The van der Waals surface area contributed by atoms with Gasteiger partial charge < -0.3 is 15.5 Å². The van der Waals surface area contributed by atoms with Crippen LogP contribution in [-0.2, 0) is 0 Å². The summed E-state index contributed by atoms with van der Waals surface area (Å²) in [5.74, 6) is -0.00741. The zero-order chi connectivity index (χ0) is 18.8. The molecule has 2 N–H and O–H groups in total. The van der Waals surface area contributed by atoms with Gasteiger partial charge in [0, 0.05) is 38.4 Å². The van der Waals surface area contributed by atoms with E-state index in [1.165, 1.54) is 17.8 Å². The highest BCUT2D eigenvalue weighted by atomic mass is 19.1. The van der Waals surface area contributed by atoms with Crippen LogP contribution in [0.2, 0.25) is 0 Å². The van der Waals surface area contributed by atoms with Crippen molar-refractivity contribution in [2.24, 2.45) is 17.6 Å². The lowest BCUT2D eigenvalue weighted by molar-refractivity contribution is 0.0768. The van der Waals surface area contributed by atoms with Crippen molar-refractivity contribution in [1.82, 2.24) is 14.8 Å². The Labute approximate surface area is 159 Å². The number of amides is 1. The van der Waals surface area contributed by atoms with Gasteiger partial charge in [-0.2, -0.15) is 4.39 Å². The van der Waals surface area contributed by atoms with Crippen molar-refractivity contribution in [1.29, 1.82) is 0 Å². The quantitative estimate of drug-likeness (QED) is 0.823. The van der Waals surface area contributed by atoms with Crippen LogP contribution in [0.1, 0.15) is 28.4 Å². The van der Waals surface area contributed by atoms with Gasteiger partial charge in [0.25, 0.3) is 5.91 Å². The van der Waals surface area contributed by atoms with Gasteiger partial charge in [-0.15, -0.1) is 0 Å². The fraction of sp³-hybridized carbons (Fsp3) is 0.429. The molecule has 27 heavy (non-hydrogen) atoms. The molecule has 0 radical (unpaired) electrons. The van der Waals surface area contributed by atoms with Gasteiger partial charge in [-0.05, 0) is 42.5 Å². The maximum atomic E-state index is 13.8. The fourth-order valence-electron chi connectivity index (χ4n) is 4.34. The molecule has 3 atom stereocenters. The number of nitrogens with zero attached hydrogens (tertiary/aromatic N) is 3. The summed E-state index contributed by atoms with van der Waals surface area (Å²) in [5, 5.41) is 0. The minimum Gasteiger partial charge on any atom is -0.338 e. The van der Waals surface area contributed by atoms with Crippen LogP contribution in [0.5, 0.6) is 0 Å². The number of carbonyl (C=O) groups is 1. The Morgan fingerprint density at radius 2 is 1.81 bits per heavy atom. The second-order valence-electron chi connectivity index (χ2n) is 7.64. The van der Waals surface area contributed by atoms with Gasteiger partial charge in [0.2, 0.25) is 5.95 Å². The smallest absolute Gasteiger partial charge is 0.258 e. The Balaban J connectivity index is 1.28. The maximum absolute atomic E-state index is 13.8. The molecule has 2 fully saturated rings. The van der Waals surface area contributed by atoms with Crippen molar-refractivity contribution >= 4 is 5.91 Å². The molecule has 1 amide bonds. The first-order valence-electron chi connectivity index (χ1n) is 9.54. The van der Waals surface area contributed by atoms with Crippen molar-refractivity contribution in [3.8, 4) is 0 Å². The molecule has 2 unspecified atom stereocenters. The highest BCUT2D eigenvalue weighted by Crippen LogP contribution is 2.32. The Hall–Kier alpha value is -2.31. The summed E-state index contributed by atoms with van der Waals surface area (Å²) < 4.78 is 13.8. The van der Waals surface area contributed by atoms with Gasteiger partial charge in [-0.1, -0.05) is 30.3 Å². The highest BCUT2D eigenvalue weighted by molar-refractivity contribution is 5.94. The molecule has 2 aliphatic rings. The van der Waals surface area contributed by atoms with Crippen molar-refractivity contribution in [2.75, 3.05) is 32.7 Å². The molecule has 2 aliphatic heterocycles. The molecule has 4 rings (SSSR count). The number of halogens is 1. The molecule has 0 spiro atoms. The third kappa shape index (κ3) is 3.87. The second-order valence-corrected chi connectivity index (χ2v) is 7.64. The van der Waals surface area contributed by atoms with Gasteiger partial charge >= 0.3 is 0 Å². The summed E-state index contributed by atoms with van der Waals surface area (Å²) in [6.07, 6.45) is 2.29. The maximum Gasteiger partial charge on any atom is 0.258 e. The van der Waals surface area contributed by atoms with Gasteiger partial charge in [0.15, 0.2) is 0 Å². The molecule has 3 heterocycles. The number of hydrogen-bond donors (Lipinski definition) is 1. The zero-order valence-corrected chi connectivity index (χ0v) is 15.3. The second kappa shape index (κ2) is 7.74. The number of pyridine rings is 1. The monoisotopic (exact) mass is 368 g/mol. The van der Waals surface area contributed by atoms with Crippen molar-refractivity contribution in [2.45, 2.75) is 12.5 Å². The van der Waals surface area contributed by atoms with Gasteiger partial charge in [-0.3, -0.25) is 4.79 Å². The fourth-order valence-corrected chi connectivity index (χ4v) is 4.34. The van der Waals surface area contributed by atoms with E-state index in [0.29, 0.717) is 24.9 Å². The molecule has 6 heteroatoms. The molecule has 1 aromatic carbocycles. The van der Waals surface area contributed by atoms with Crippen LogP contribution in [0.4, 0.5) is 4.39 Å². The molecule has 142 valence electrons. The number of hydrogen-bond acceptors (Lipinski definition) is 4. The summed E-state index contributed by atoms with van der Waals surface area (Å²) in [5.41, 5.74) is 7.55. The van der Waals surface area contributed by atoms with Crippen LogP contribution in [0.15, 0.2) is 48.7 Å². The molecule has 1 aromatic heterocycles. The minimum atomic E-state index is -0.684. The summed E-state index contributed by atoms with van der Waals surface area (Å²) in [6, 6.07) is 13.4. The topological polar surface area (TPSA) is 62.5 Å². The molecule has 0 bridgehead atoms. The van der Waals surface area contributed by atoms with Gasteiger partial charge in [-0.25, -0.2) is 4.98 Å². The van der Waals surface area contributed by atoms with Crippen LogP contribution in [0, 0.1) is 17.8 Å². The van der Waals surface area contributed by atoms with E-state index in [4.69, 9.17) is 5.73 Å². The Bertz CT molecular complexity index is 786. The van der Waals surface area contributed by atoms with Crippen molar-refractivity contribution in [3.05, 3.63) is 65.7 Å². The van der Waals surface area contributed by atoms with E-state index in [1.807, 2.05) is 18.2 Å². The van der Waals surface area contributed by atoms with E-state index in [-0.39, 0.29) is 17.5 Å². The van der Waals surface area contributed by atoms with Crippen LogP contribution in [0.25, 0.3) is 0 Å². The first-order chi connectivity index (χ1) is 13.1. The van der Waals surface area contributed by atoms with E-state index in [0.717, 1.165) is 26.1 Å². The SMILES string of the molecule is N[C@@H](CCN1CC2CN(C(=O)c3cccnc3F)CC2C1)c1ccccc1. The standard InChI is InChI=1S/C21H25FN4O/c22-20-18(7-4-9-24-20)21(27)26-13-16-11-25(12-17(16)14-26)10-8-19(23)15-5-2-1-3-6-15/h1-7,9,16-17,19H,8,10-14,23H2/t16?,17?,19-/m0/s1. The van der Waals surface area contributed by atoms with Crippen LogP contribution < -0.4 is 5.73 Å². The van der Waals surface area contributed by atoms with Crippen molar-refractivity contribution < 1.29 is 9.18 Å². The van der Waals surface area contributed by atoms with Crippen LogP contribution in [-0.4, -0.2) is 53.4 Å². The lowest BCUT2D eigenvalue weighted by atomic mass is 10.0. The van der Waals surface area contributed by atoms with Crippen molar-refractivity contribution in [3.63, 3.8) is 0 Å². The number of fused-ring (bicyclic) bond motifs is 1. The van der Waals surface area contributed by atoms with Gasteiger partial charge in [0.05, 0.1) is 5.56 Å². The van der Waals surface area contributed by atoms with E-state index >= 15 is 0 Å². The number of rotatable bonds is 5. The number of likely N-dealkylation sites (tertiary alicyclic amines) is 2. The summed E-state index contributed by atoms with van der Waals surface area (Å²) >= 11 is 0. The Morgan fingerprint density at radius 1 is 1.11 bits per heavy atom. The normalized spacial score (nSPS) is 23.4. The first kappa shape index (κ1) is 18.1.